The van der Waals surface area contributed by atoms with Crippen molar-refractivity contribution in [2.24, 2.45) is 0 Å². The monoisotopic (exact) mass is 227 g/mol. The zero-order valence-electron chi connectivity index (χ0n) is 9.30. The van der Waals surface area contributed by atoms with E-state index < -0.39 is 5.24 Å². The van der Waals surface area contributed by atoms with E-state index in [9.17, 15) is 9.59 Å². The van der Waals surface area contributed by atoms with E-state index in [1.807, 2.05) is 20.8 Å². The number of hydrogen-bond donors (Lipinski definition) is 0. The molecule has 0 fully saturated rings. The predicted octanol–water partition coefficient (Wildman–Crippen LogP) is 2.43. The average Bonchev–Trinajstić information content (AvgIpc) is 1.99. The van der Waals surface area contributed by atoms with Crippen molar-refractivity contribution in [3.05, 3.63) is 33.2 Å². The number of pyridine rings is 1. The molecule has 15 heavy (non-hydrogen) atoms. The van der Waals surface area contributed by atoms with E-state index in [2.05, 4.69) is 0 Å². The summed E-state index contributed by atoms with van der Waals surface area (Å²) in [7, 11) is 0. The van der Waals surface area contributed by atoms with E-state index in [4.69, 9.17) is 11.6 Å². The lowest BCUT2D eigenvalue weighted by Crippen LogP contribution is -2.29. The van der Waals surface area contributed by atoms with Crippen molar-refractivity contribution >= 4 is 16.8 Å². The first-order valence-corrected chi connectivity index (χ1v) is 5.16. The Morgan fingerprint density at radius 1 is 1.40 bits per heavy atom. The lowest BCUT2D eigenvalue weighted by atomic mass is 10.1. The third-order valence-electron chi connectivity index (χ3n) is 2.35. The van der Waals surface area contributed by atoms with Crippen LogP contribution in [0, 0.1) is 13.8 Å². The summed E-state index contributed by atoms with van der Waals surface area (Å²) in [6.45, 7) is 7.35. The summed E-state index contributed by atoms with van der Waals surface area (Å²) in [4.78, 5) is 23.1. The van der Waals surface area contributed by atoms with E-state index in [1.54, 1.807) is 17.6 Å². The normalized spacial score (nSPS) is 10.8. The van der Waals surface area contributed by atoms with Crippen LogP contribution in [0.15, 0.2) is 10.9 Å². The van der Waals surface area contributed by atoms with Crippen LogP contribution in [-0.4, -0.2) is 9.81 Å². The molecule has 0 atom stereocenters. The maximum Gasteiger partial charge on any atom is 0.263 e. The highest BCUT2D eigenvalue weighted by molar-refractivity contribution is 6.67. The van der Waals surface area contributed by atoms with Crippen molar-refractivity contribution in [3.8, 4) is 0 Å². The Balaban J connectivity index is 3.65. The minimum absolute atomic E-state index is 0.0212. The first kappa shape index (κ1) is 12.0. The van der Waals surface area contributed by atoms with Gasteiger partial charge in [0.2, 0.25) is 0 Å². The molecule has 0 aliphatic carbocycles. The largest absolute Gasteiger partial charge is 0.310 e. The van der Waals surface area contributed by atoms with E-state index in [0.717, 1.165) is 5.69 Å². The lowest BCUT2D eigenvalue weighted by molar-refractivity contribution is 0.107. The summed E-state index contributed by atoms with van der Waals surface area (Å²) in [6.07, 6.45) is 0. The highest BCUT2D eigenvalue weighted by atomic mass is 35.5. The lowest BCUT2D eigenvalue weighted by Gasteiger charge is -2.15. The number of aromatic nitrogens is 1. The van der Waals surface area contributed by atoms with Crippen LogP contribution in [0.5, 0.6) is 0 Å². The minimum Gasteiger partial charge on any atom is -0.310 e. The van der Waals surface area contributed by atoms with Gasteiger partial charge < -0.3 is 4.57 Å². The second-order valence-electron chi connectivity index (χ2n) is 3.89. The van der Waals surface area contributed by atoms with Gasteiger partial charge in [-0.15, -0.1) is 0 Å². The molecule has 0 aromatic carbocycles. The van der Waals surface area contributed by atoms with E-state index in [0.29, 0.717) is 5.56 Å². The number of hydrogen-bond acceptors (Lipinski definition) is 2. The topological polar surface area (TPSA) is 39.1 Å². The Labute approximate surface area is 93.7 Å². The summed E-state index contributed by atoms with van der Waals surface area (Å²) in [5.41, 5.74) is 1.25. The van der Waals surface area contributed by atoms with Crippen molar-refractivity contribution in [3.63, 3.8) is 0 Å². The first-order valence-electron chi connectivity index (χ1n) is 4.78. The molecular formula is C11H14ClNO2. The molecular weight excluding hydrogens is 214 g/mol. The Hall–Kier alpha value is -1.09. The standard InChI is InChI=1S/C11H14ClNO2/c1-6(2)13-8(4)5-7(3)9(10(12)14)11(13)15/h5-6H,1-4H3. The van der Waals surface area contributed by atoms with Crippen molar-refractivity contribution in [1.82, 2.24) is 4.57 Å². The number of carbonyl (C=O) groups excluding carboxylic acids is 1. The molecule has 0 amide bonds. The number of rotatable bonds is 2. The van der Waals surface area contributed by atoms with Crippen molar-refractivity contribution < 1.29 is 4.79 Å². The second-order valence-corrected chi connectivity index (χ2v) is 4.23. The molecule has 0 radical (unpaired) electrons. The molecule has 1 heterocycles. The third kappa shape index (κ3) is 2.12. The highest BCUT2D eigenvalue weighted by Gasteiger charge is 2.16. The van der Waals surface area contributed by atoms with Gasteiger partial charge in [-0.1, -0.05) is 0 Å². The van der Waals surface area contributed by atoms with Gasteiger partial charge >= 0.3 is 0 Å². The fourth-order valence-electron chi connectivity index (χ4n) is 1.79. The van der Waals surface area contributed by atoms with Gasteiger partial charge in [-0.3, -0.25) is 9.59 Å². The Bertz CT molecular complexity index is 460. The summed E-state index contributed by atoms with van der Waals surface area (Å²) >= 11 is 5.39. The van der Waals surface area contributed by atoms with Gasteiger partial charge in [-0.05, 0) is 50.9 Å². The van der Waals surface area contributed by atoms with Crippen LogP contribution < -0.4 is 5.56 Å². The molecule has 1 aromatic heterocycles. The fraction of sp³-hybridized carbons (Fsp3) is 0.455. The zero-order chi connectivity index (χ0) is 11.7. The van der Waals surface area contributed by atoms with Gasteiger partial charge in [-0.2, -0.15) is 0 Å². The van der Waals surface area contributed by atoms with Crippen LogP contribution in [0.3, 0.4) is 0 Å². The summed E-state index contributed by atoms with van der Waals surface area (Å²) in [5, 5.41) is -0.688. The summed E-state index contributed by atoms with van der Waals surface area (Å²) in [5.74, 6) is 0. The van der Waals surface area contributed by atoms with Crippen molar-refractivity contribution in [1.29, 1.82) is 0 Å². The number of carbonyl (C=O) groups is 1. The van der Waals surface area contributed by atoms with Crippen LogP contribution in [0.1, 0.15) is 41.5 Å². The van der Waals surface area contributed by atoms with Crippen LogP contribution in [0.4, 0.5) is 0 Å². The van der Waals surface area contributed by atoms with Crippen molar-refractivity contribution in [2.45, 2.75) is 33.7 Å². The van der Waals surface area contributed by atoms with Crippen LogP contribution in [0.2, 0.25) is 0 Å². The molecule has 0 bridgehead atoms. The smallest absolute Gasteiger partial charge is 0.263 e. The Morgan fingerprint density at radius 3 is 2.33 bits per heavy atom. The molecule has 0 saturated heterocycles. The molecule has 1 rings (SSSR count). The number of aryl methyl sites for hydroxylation is 2. The minimum atomic E-state index is -0.688. The van der Waals surface area contributed by atoms with Gasteiger partial charge in [0.05, 0.1) is 0 Å². The van der Waals surface area contributed by atoms with Gasteiger partial charge in [0.15, 0.2) is 0 Å². The average molecular weight is 228 g/mol. The molecule has 0 N–H and O–H groups in total. The van der Waals surface area contributed by atoms with Crippen LogP contribution in [0.25, 0.3) is 0 Å². The molecule has 0 spiro atoms. The SMILES string of the molecule is Cc1cc(C)n(C(C)C)c(=O)c1C(=O)Cl. The fourth-order valence-corrected chi connectivity index (χ4v) is 2.02. The Morgan fingerprint density at radius 2 is 1.93 bits per heavy atom. The summed E-state index contributed by atoms with van der Waals surface area (Å²) < 4.78 is 1.57. The predicted molar refractivity (Wildman–Crippen MR) is 60.7 cm³/mol. The molecule has 1 aromatic rings. The van der Waals surface area contributed by atoms with Gasteiger partial charge in [0, 0.05) is 11.7 Å². The third-order valence-corrected chi connectivity index (χ3v) is 2.53. The molecule has 82 valence electrons. The van der Waals surface area contributed by atoms with Crippen LogP contribution in [-0.2, 0) is 0 Å². The van der Waals surface area contributed by atoms with Gasteiger partial charge in [0.25, 0.3) is 10.8 Å². The number of halogens is 1. The van der Waals surface area contributed by atoms with E-state index in [-0.39, 0.29) is 17.2 Å². The molecule has 0 saturated carbocycles. The Kier molecular flexibility index (Phi) is 3.35. The summed E-state index contributed by atoms with van der Waals surface area (Å²) in [6, 6.07) is 1.82. The molecule has 0 unspecified atom stereocenters. The highest BCUT2D eigenvalue weighted by Crippen LogP contribution is 2.12. The van der Waals surface area contributed by atoms with E-state index >= 15 is 0 Å². The maximum absolute atomic E-state index is 12.0. The van der Waals surface area contributed by atoms with Gasteiger partial charge in [0.1, 0.15) is 5.56 Å². The molecule has 4 heteroatoms. The molecule has 3 nitrogen and oxygen atoms in total. The molecule has 0 aliphatic rings. The molecule has 0 aliphatic heterocycles. The van der Waals surface area contributed by atoms with E-state index in [1.165, 1.54) is 0 Å². The maximum atomic E-state index is 12.0. The quantitative estimate of drug-likeness (QED) is 0.728. The number of nitrogens with zero attached hydrogens (tertiary/aromatic N) is 1. The first-order chi connectivity index (χ1) is 6.86. The van der Waals surface area contributed by atoms with Crippen molar-refractivity contribution in [2.75, 3.05) is 0 Å². The zero-order valence-corrected chi connectivity index (χ0v) is 10.1. The van der Waals surface area contributed by atoms with Gasteiger partial charge in [-0.25, -0.2) is 0 Å². The second kappa shape index (κ2) is 4.19. The van der Waals surface area contributed by atoms with Crippen LogP contribution >= 0.6 is 11.6 Å².